The minimum absolute atomic E-state index is 0.0167. The maximum absolute atomic E-state index is 12.2. The van der Waals surface area contributed by atoms with Crippen molar-refractivity contribution in [2.45, 2.75) is 50.5 Å². The van der Waals surface area contributed by atoms with Crippen molar-refractivity contribution in [3.8, 4) is 5.75 Å². The summed E-state index contributed by atoms with van der Waals surface area (Å²) in [6, 6.07) is 6.02. The van der Waals surface area contributed by atoms with Crippen LogP contribution in [0.4, 0.5) is 0 Å². The molecule has 1 fully saturated rings. The first kappa shape index (κ1) is 18.7. The molecule has 0 unspecified atom stereocenters. The second-order valence-electron chi connectivity index (χ2n) is 6.13. The van der Waals surface area contributed by atoms with E-state index in [0.29, 0.717) is 5.75 Å². The van der Waals surface area contributed by atoms with Gasteiger partial charge in [0.15, 0.2) is 6.61 Å². The van der Waals surface area contributed by atoms with Gasteiger partial charge in [-0.05, 0) is 56.9 Å². The van der Waals surface area contributed by atoms with Crippen LogP contribution in [0.25, 0.3) is 0 Å². The zero-order valence-corrected chi connectivity index (χ0v) is 15.1. The zero-order chi connectivity index (χ0) is 17.6. The highest BCUT2D eigenvalue weighted by molar-refractivity contribution is 7.89. The predicted molar refractivity (Wildman–Crippen MR) is 92.4 cm³/mol. The molecule has 0 aromatic heterocycles. The Bertz CT molecular complexity index is 637. The SMILES string of the molecule is CC[C@H](C)NS(=O)(=O)c1ccc(OCC(=O)N2CCCCC2)cc1. The Balaban J connectivity index is 1.91. The van der Waals surface area contributed by atoms with E-state index in [1.807, 2.05) is 18.7 Å². The van der Waals surface area contributed by atoms with Crippen molar-refractivity contribution in [2.75, 3.05) is 19.7 Å². The molecule has 1 aromatic carbocycles. The summed E-state index contributed by atoms with van der Waals surface area (Å²) in [6.45, 7) is 5.31. The van der Waals surface area contributed by atoms with E-state index >= 15 is 0 Å². The first-order chi connectivity index (χ1) is 11.4. The summed E-state index contributed by atoms with van der Waals surface area (Å²) in [6.07, 6.45) is 3.98. The van der Waals surface area contributed by atoms with Gasteiger partial charge in [0.1, 0.15) is 5.75 Å². The molecule has 2 rings (SSSR count). The summed E-state index contributed by atoms with van der Waals surface area (Å²) < 4.78 is 32.4. The first-order valence-electron chi connectivity index (χ1n) is 8.45. The number of nitrogens with one attached hydrogen (secondary N) is 1. The van der Waals surface area contributed by atoms with Crippen molar-refractivity contribution in [2.24, 2.45) is 0 Å². The highest BCUT2D eigenvalue weighted by Crippen LogP contribution is 2.17. The standard InChI is InChI=1S/C17H26N2O4S/c1-3-14(2)18-24(21,22)16-9-7-15(8-10-16)23-13-17(20)19-11-5-4-6-12-19/h7-10,14,18H,3-6,11-13H2,1-2H3/t14-/m0/s1. The predicted octanol–water partition coefficient (Wildman–Crippen LogP) is 2.15. The molecule has 24 heavy (non-hydrogen) atoms. The topological polar surface area (TPSA) is 75.7 Å². The minimum Gasteiger partial charge on any atom is -0.484 e. The van der Waals surface area contributed by atoms with E-state index in [1.54, 1.807) is 12.1 Å². The van der Waals surface area contributed by atoms with Gasteiger partial charge in [-0.25, -0.2) is 13.1 Å². The Hall–Kier alpha value is -1.60. The lowest BCUT2D eigenvalue weighted by Gasteiger charge is -2.26. The van der Waals surface area contributed by atoms with Crippen LogP contribution < -0.4 is 9.46 Å². The van der Waals surface area contributed by atoms with E-state index in [-0.39, 0.29) is 23.5 Å². The maximum atomic E-state index is 12.2. The van der Waals surface area contributed by atoms with Crippen LogP contribution in [-0.4, -0.2) is 45.0 Å². The van der Waals surface area contributed by atoms with Gasteiger partial charge in [0, 0.05) is 19.1 Å². The largest absolute Gasteiger partial charge is 0.484 e. The average molecular weight is 354 g/mol. The number of hydrogen-bond donors (Lipinski definition) is 1. The number of benzene rings is 1. The number of carbonyl (C=O) groups is 1. The van der Waals surface area contributed by atoms with Crippen LogP contribution in [0.3, 0.4) is 0 Å². The molecule has 0 saturated carbocycles. The molecule has 1 aromatic rings. The number of piperidine rings is 1. The summed E-state index contributed by atoms with van der Waals surface area (Å²) in [7, 11) is -3.52. The lowest BCUT2D eigenvalue weighted by atomic mass is 10.1. The Morgan fingerprint density at radius 2 is 1.83 bits per heavy atom. The third-order valence-corrected chi connectivity index (χ3v) is 5.78. The fourth-order valence-electron chi connectivity index (χ4n) is 2.51. The van der Waals surface area contributed by atoms with Gasteiger partial charge >= 0.3 is 0 Å². The van der Waals surface area contributed by atoms with Crippen molar-refractivity contribution in [3.05, 3.63) is 24.3 Å². The molecule has 1 aliphatic heterocycles. The van der Waals surface area contributed by atoms with Gasteiger partial charge < -0.3 is 9.64 Å². The zero-order valence-electron chi connectivity index (χ0n) is 14.3. The third kappa shape index (κ3) is 5.21. The molecular weight excluding hydrogens is 328 g/mol. The van der Waals surface area contributed by atoms with Crippen LogP contribution in [0.5, 0.6) is 5.75 Å². The van der Waals surface area contributed by atoms with Crippen LogP contribution in [0.15, 0.2) is 29.2 Å². The van der Waals surface area contributed by atoms with Crippen LogP contribution >= 0.6 is 0 Å². The minimum atomic E-state index is -3.52. The van der Waals surface area contributed by atoms with Gasteiger partial charge in [-0.15, -0.1) is 0 Å². The van der Waals surface area contributed by atoms with Gasteiger partial charge in [-0.1, -0.05) is 6.92 Å². The van der Waals surface area contributed by atoms with Crippen LogP contribution in [0.2, 0.25) is 0 Å². The molecule has 1 atom stereocenters. The van der Waals surface area contributed by atoms with Crippen molar-refractivity contribution < 1.29 is 17.9 Å². The normalized spacial score (nSPS) is 16.7. The van der Waals surface area contributed by atoms with Crippen LogP contribution in [0, 0.1) is 0 Å². The van der Waals surface area contributed by atoms with Crippen molar-refractivity contribution >= 4 is 15.9 Å². The molecule has 0 aliphatic carbocycles. The van der Waals surface area contributed by atoms with E-state index in [9.17, 15) is 13.2 Å². The second kappa shape index (κ2) is 8.48. The van der Waals surface area contributed by atoms with Crippen molar-refractivity contribution in [1.29, 1.82) is 0 Å². The van der Waals surface area contributed by atoms with E-state index in [1.165, 1.54) is 18.6 Å². The summed E-state index contributed by atoms with van der Waals surface area (Å²) in [5, 5.41) is 0. The highest BCUT2D eigenvalue weighted by Gasteiger charge is 2.18. The van der Waals surface area contributed by atoms with Crippen molar-refractivity contribution in [1.82, 2.24) is 9.62 Å². The van der Waals surface area contributed by atoms with Gasteiger partial charge in [0.2, 0.25) is 10.0 Å². The Kier molecular flexibility index (Phi) is 6.62. The fourth-order valence-corrected chi connectivity index (χ4v) is 3.84. The van der Waals surface area contributed by atoms with Crippen LogP contribution in [0.1, 0.15) is 39.5 Å². The monoisotopic (exact) mass is 354 g/mol. The molecule has 1 amide bonds. The summed E-state index contributed by atoms with van der Waals surface area (Å²) >= 11 is 0. The first-order valence-corrected chi connectivity index (χ1v) is 9.93. The molecule has 0 spiro atoms. The van der Waals surface area contributed by atoms with Crippen molar-refractivity contribution in [3.63, 3.8) is 0 Å². The molecule has 0 bridgehead atoms. The van der Waals surface area contributed by atoms with Gasteiger partial charge in [0.25, 0.3) is 5.91 Å². The molecule has 6 nitrogen and oxygen atoms in total. The van der Waals surface area contributed by atoms with E-state index in [0.717, 1.165) is 32.4 Å². The Morgan fingerprint density at radius 1 is 1.21 bits per heavy atom. The molecule has 134 valence electrons. The molecular formula is C17H26N2O4S. The average Bonchev–Trinajstić information content (AvgIpc) is 2.60. The van der Waals surface area contributed by atoms with Gasteiger partial charge in [-0.3, -0.25) is 4.79 Å². The third-order valence-electron chi connectivity index (χ3n) is 4.17. The van der Waals surface area contributed by atoms with Gasteiger partial charge in [-0.2, -0.15) is 0 Å². The lowest BCUT2D eigenvalue weighted by molar-refractivity contribution is -0.134. The number of nitrogens with zero attached hydrogens (tertiary/aromatic N) is 1. The summed E-state index contributed by atoms with van der Waals surface area (Å²) in [4.78, 5) is 14.1. The second-order valence-corrected chi connectivity index (χ2v) is 7.85. The number of likely N-dealkylation sites (tertiary alicyclic amines) is 1. The number of hydrogen-bond acceptors (Lipinski definition) is 4. The molecule has 1 aliphatic rings. The molecule has 0 radical (unpaired) electrons. The van der Waals surface area contributed by atoms with Crippen LogP contribution in [-0.2, 0) is 14.8 Å². The Labute approximate surface area is 144 Å². The number of rotatable bonds is 7. The number of ether oxygens (including phenoxy) is 1. The molecule has 7 heteroatoms. The maximum Gasteiger partial charge on any atom is 0.260 e. The Morgan fingerprint density at radius 3 is 2.42 bits per heavy atom. The van der Waals surface area contributed by atoms with Gasteiger partial charge in [0.05, 0.1) is 4.90 Å². The van der Waals surface area contributed by atoms with E-state index in [4.69, 9.17) is 4.74 Å². The van der Waals surface area contributed by atoms with E-state index < -0.39 is 10.0 Å². The molecule has 1 saturated heterocycles. The number of amides is 1. The van der Waals surface area contributed by atoms with E-state index in [2.05, 4.69) is 4.72 Å². The molecule has 1 N–H and O–H groups in total. The fraction of sp³-hybridized carbons (Fsp3) is 0.588. The summed E-state index contributed by atoms with van der Waals surface area (Å²) in [5.41, 5.74) is 0. The molecule has 1 heterocycles. The highest BCUT2D eigenvalue weighted by atomic mass is 32.2. The smallest absolute Gasteiger partial charge is 0.260 e. The lowest BCUT2D eigenvalue weighted by Crippen LogP contribution is -2.38. The summed E-state index contributed by atoms with van der Waals surface area (Å²) in [5.74, 6) is 0.465. The number of carbonyl (C=O) groups excluding carboxylic acids is 1. The quantitative estimate of drug-likeness (QED) is 0.814. The number of sulfonamides is 1.